The van der Waals surface area contributed by atoms with E-state index in [1.807, 2.05) is 19.9 Å². The van der Waals surface area contributed by atoms with E-state index in [9.17, 15) is 18.3 Å². The van der Waals surface area contributed by atoms with Crippen molar-refractivity contribution in [1.29, 1.82) is 0 Å². The second-order valence-electron chi connectivity index (χ2n) is 5.77. The molecule has 1 N–H and O–H groups in total. The smallest absolute Gasteiger partial charge is 0.389 e. The average molecular weight is 334 g/mol. The molecular weight excluding hydrogens is 309 g/mol. The van der Waals surface area contributed by atoms with Crippen LogP contribution in [0.2, 0.25) is 0 Å². The van der Waals surface area contributed by atoms with Crippen LogP contribution in [0.1, 0.15) is 26.7 Å². The van der Waals surface area contributed by atoms with E-state index in [0.29, 0.717) is 0 Å². The van der Waals surface area contributed by atoms with Crippen molar-refractivity contribution in [3.8, 4) is 0 Å². The molecule has 1 aliphatic rings. The van der Waals surface area contributed by atoms with E-state index in [4.69, 9.17) is 9.47 Å². The van der Waals surface area contributed by atoms with Crippen molar-refractivity contribution in [2.24, 2.45) is 5.92 Å². The van der Waals surface area contributed by atoms with Gasteiger partial charge in [-0.2, -0.15) is 13.2 Å². The zero-order valence-electron chi connectivity index (χ0n) is 13.8. The summed E-state index contributed by atoms with van der Waals surface area (Å²) >= 11 is 0. The highest BCUT2D eigenvalue weighted by Gasteiger charge is 2.32. The summed E-state index contributed by atoms with van der Waals surface area (Å²) in [5, 5.41) is 10.3. The molecule has 1 aliphatic heterocycles. The van der Waals surface area contributed by atoms with Crippen LogP contribution in [0, 0.1) is 5.92 Å². The summed E-state index contributed by atoms with van der Waals surface area (Å²) in [7, 11) is 1.47. The normalized spacial score (nSPS) is 28.7. The first kappa shape index (κ1) is 19.9. The number of alkyl halides is 3. The summed E-state index contributed by atoms with van der Waals surface area (Å²) in [6, 6.07) is 0. The number of methoxy groups -OCH3 is 1. The molecule has 6 heteroatoms. The molecule has 3 nitrogen and oxygen atoms in total. The Morgan fingerprint density at radius 1 is 1.35 bits per heavy atom. The molecule has 0 aromatic heterocycles. The summed E-state index contributed by atoms with van der Waals surface area (Å²) in [6.45, 7) is 3.83. The maximum absolute atomic E-state index is 12.9. The van der Waals surface area contributed by atoms with Gasteiger partial charge in [0.15, 0.2) is 0 Å². The zero-order valence-corrected chi connectivity index (χ0v) is 13.8. The molecule has 0 spiro atoms. The molecule has 0 aliphatic carbocycles. The molecule has 0 saturated carbocycles. The number of aliphatic hydroxyl groups excluding tert-OH is 1. The Morgan fingerprint density at radius 2 is 2.04 bits per heavy atom. The quantitative estimate of drug-likeness (QED) is 0.741. The van der Waals surface area contributed by atoms with E-state index in [0.717, 1.165) is 11.6 Å². The number of ether oxygens (including phenoxy) is 2. The van der Waals surface area contributed by atoms with Crippen LogP contribution in [0.3, 0.4) is 0 Å². The van der Waals surface area contributed by atoms with E-state index in [-0.39, 0.29) is 32.0 Å². The monoisotopic (exact) mass is 334 g/mol. The molecule has 1 rings (SSSR count). The lowest BCUT2D eigenvalue weighted by Crippen LogP contribution is -2.31. The maximum Gasteiger partial charge on any atom is 0.412 e. The van der Waals surface area contributed by atoms with Gasteiger partial charge in [-0.3, -0.25) is 0 Å². The minimum Gasteiger partial charge on any atom is -0.389 e. The number of hydrogen-bond acceptors (Lipinski definition) is 3. The summed E-state index contributed by atoms with van der Waals surface area (Å²) in [6.07, 6.45) is 0.606. The number of aliphatic hydroxyl groups is 1. The lowest BCUT2D eigenvalue weighted by molar-refractivity contribution is -0.0945. The van der Waals surface area contributed by atoms with Gasteiger partial charge in [0.1, 0.15) is 6.10 Å². The second-order valence-corrected chi connectivity index (χ2v) is 5.77. The van der Waals surface area contributed by atoms with Crippen LogP contribution < -0.4 is 0 Å². The number of rotatable bonds is 1. The lowest BCUT2D eigenvalue weighted by atomic mass is 9.96. The molecule has 1 heterocycles. The predicted molar refractivity (Wildman–Crippen MR) is 83.1 cm³/mol. The van der Waals surface area contributed by atoms with Gasteiger partial charge < -0.3 is 14.6 Å². The molecule has 0 aromatic carbocycles. The SMILES string of the molecule is COC1C=CCCC(C(F)(F)F)=CCOCC(C)=CC(C)C1O. The van der Waals surface area contributed by atoms with E-state index in [1.165, 1.54) is 7.11 Å². The molecule has 132 valence electrons. The Bertz CT molecular complexity index is 452. The summed E-state index contributed by atoms with van der Waals surface area (Å²) in [4.78, 5) is 0. The third-order valence-corrected chi connectivity index (χ3v) is 3.74. The van der Waals surface area contributed by atoms with Gasteiger partial charge >= 0.3 is 6.18 Å². The zero-order chi connectivity index (χ0) is 17.5. The van der Waals surface area contributed by atoms with Gasteiger partial charge in [-0.1, -0.05) is 36.8 Å². The molecular formula is C17H25F3O3. The molecule has 0 bridgehead atoms. The van der Waals surface area contributed by atoms with Crippen molar-refractivity contribution < 1.29 is 27.8 Å². The van der Waals surface area contributed by atoms with Crippen LogP contribution in [0.25, 0.3) is 0 Å². The van der Waals surface area contributed by atoms with Crippen LogP contribution in [0.4, 0.5) is 13.2 Å². The molecule has 0 fully saturated rings. The first-order chi connectivity index (χ1) is 10.8. The van der Waals surface area contributed by atoms with E-state index < -0.39 is 24.0 Å². The highest BCUT2D eigenvalue weighted by molar-refractivity contribution is 5.12. The molecule has 0 aromatic rings. The van der Waals surface area contributed by atoms with E-state index in [1.54, 1.807) is 12.2 Å². The first-order valence-electron chi connectivity index (χ1n) is 7.64. The maximum atomic E-state index is 12.9. The number of allylic oxidation sites excluding steroid dienone is 2. The van der Waals surface area contributed by atoms with Crippen molar-refractivity contribution in [2.75, 3.05) is 20.3 Å². The second kappa shape index (κ2) is 9.25. The number of halogens is 3. The van der Waals surface area contributed by atoms with Gasteiger partial charge in [0.25, 0.3) is 0 Å². The fourth-order valence-electron chi connectivity index (χ4n) is 2.43. The van der Waals surface area contributed by atoms with Crippen molar-refractivity contribution >= 4 is 0 Å². The van der Waals surface area contributed by atoms with E-state index in [2.05, 4.69) is 0 Å². The molecule has 23 heavy (non-hydrogen) atoms. The largest absolute Gasteiger partial charge is 0.412 e. The Labute approximate surface area is 135 Å². The Morgan fingerprint density at radius 3 is 2.65 bits per heavy atom. The minimum absolute atomic E-state index is 0.0820. The fourth-order valence-corrected chi connectivity index (χ4v) is 2.43. The van der Waals surface area contributed by atoms with Gasteiger partial charge in [-0.25, -0.2) is 0 Å². The Balaban J connectivity index is 2.96. The predicted octanol–water partition coefficient (Wildman–Crippen LogP) is 3.80. The van der Waals surface area contributed by atoms with E-state index >= 15 is 0 Å². The van der Waals surface area contributed by atoms with Crippen molar-refractivity contribution in [1.82, 2.24) is 0 Å². The summed E-state index contributed by atoms with van der Waals surface area (Å²) in [5.74, 6) is -0.155. The van der Waals surface area contributed by atoms with Crippen LogP contribution in [-0.4, -0.2) is 43.8 Å². The van der Waals surface area contributed by atoms with Gasteiger partial charge in [0, 0.05) is 18.6 Å². The van der Waals surface area contributed by atoms with Crippen molar-refractivity contribution in [2.45, 2.75) is 45.1 Å². The van der Waals surface area contributed by atoms with Crippen molar-refractivity contribution in [3.63, 3.8) is 0 Å². The highest BCUT2D eigenvalue weighted by Crippen LogP contribution is 2.29. The van der Waals surface area contributed by atoms with Crippen LogP contribution in [0.5, 0.6) is 0 Å². The third-order valence-electron chi connectivity index (χ3n) is 3.74. The minimum atomic E-state index is -4.35. The first-order valence-corrected chi connectivity index (χ1v) is 7.64. The molecule has 0 radical (unpaired) electrons. The fraction of sp³-hybridized carbons (Fsp3) is 0.647. The van der Waals surface area contributed by atoms with Crippen LogP contribution in [-0.2, 0) is 9.47 Å². The van der Waals surface area contributed by atoms with Gasteiger partial charge in [0.05, 0.1) is 19.3 Å². The molecule has 3 atom stereocenters. The number of hydrogen-bond donors (Lipinski definition) is 1. The van der Waals surface area contributed by atoms with Gasteiger partial charge in [-0.05, 0) is 19.8 Å². The molecule has 3 unspecified atom stereocenters. The van der Waals surface area contributed by atoms with Crippen LogP contribution >= 0.6 is 0 Å². The third kappa shape index (κ3) is 6.89. The van der Waals surface area contributed by atoms with Gasteiger partial charge in [-0.15, -0.1) is 0 Å². The standard InChI is InChI=1S/C17H25F3O3/c1-12-10-13(2)16(21)15(22-3)7-5-4-6-14(17(18,19)20)8-9-23-11-12/h5,7-8,10,13,15-16,21H,4,6,9,11H2,1-3H3. The Kier molecular flexibility index (Phi) is 8.02. The average Bonchev–Trinajstić information content (AvgIpc) is 2.46. The Hall–Kier alpha value is -1.11. The van der Waals surface area contributed by atoms with Crippen molar-refractivity contribution in [3.05, 3.63) is 35.5 Å². The lowest BCUT2D eigenvalue weighted by Gasteiger charge is -2.23. The summed E-state index contributed by atoms with van der Waals surface area (Å²) in [5.41, 5.74) is 0.262. The topological polar surface area (TPSA) is 38.7 Å². The molecule has 0 amide bonds. The van der Waals surface area contributed by atoms with Crippen LogP contribution in [0.15, 0.2) is 35.5 Å². The highest BCUT2D eigenvalue weighted by atomic mass is 19.4. The van der Waals surface area contributed by atoms with Gasteiger partial charge in [0.2, 0.25) is 0 Å². The molecule has 0 saturated heterocycles. The summed E-state index contributed by atoms with van der Waals surface area (Å²) < 4.78 is 49.3.